The molecule has 2 atom stereocenters. The van der Waals surface area contributed by atoms with Crippen LogP contribution in [0.2, 0.25) is 0 Å². The average molecular weight is 211 g/mol. The molecule has 0 aromatic rings. The van der Waals surface area contributed by atoms with E-state index in [0.717, 1.165) is 19.6 Å². The van der Waals surface area contributed by atoms with Gasteiger partial charge in [-0.25, -0.2) is 0 Å². The molecule has 2 fully saturated rings. The van der Waals surface area contributed by atoms with Crippen molar-refractivity contribution < 1.29 is 9.59 Å². The SMILES string of the molecule is C[C@@H]1CN(C2CC(=O)N(C)C2=O)CCN1. The van der Waals surface area contributed by atoms with Crippen LogP contribution in [0.3, 0.4) is 0 Å². The van der Waals surface area contributed by atoms with Crippen LogP contribution in [0.5, 0.6) is 0 Å². The number of piperazine rings is 1. The molecule has 2 heterocycles. The molecule has 2 saturated heterocycles. The van der Waals surface area contributed by atoms with Gasteiger partial charge in [-0.1, -0.05) is 0 Å². The van der Waals surface area contributed by atoms with Gasteiger partial charge in [-0.3, -0.25) is 19.4 Å². The van der Waals surface area contributed by atoms with Gasteiger partial charge in [0.2, 0.25) is 11.8 Å². The molecule has 2 rings (SSSR count). The van der Waals surface area contributed by atoms with E-state index < -0.39 is 0 Å². The molecule has 2 aliphatic heterocycles. The normalized spacial score (nSPS) is 33.9. The molecule has 0 aliphatic carbocycles. The third-order valence-corrected chi connectivity index (χ3v) is 3.20. The lowest BCUT2D eigenvalue weighted by molar-refractivity contribution is -0.138. The summed E-state index contributed by atoms with van der Waals surface area (Å²) < 4.78 is 0. The lowest BCUT2D eigenvalue weighted by Gasteiger charge is -2.34. The highest BCUT2D eigenvalue weighted by molar-refractivity contribution is 6.05. The van der Waals surface area contributed by atoms with Crippen LogP contribution in [0.25, 0.3) is 0 Å². The van der Waals surface area contributed by atoms with Gasteiger partial charge in [0, 0.05) is 32.7 Å². The number of nitrogens with zero attached hydrogens (tertiary/aromatic N) is 2. The van der Waals surface area contributed by atoms with Crippen molar-refractivity contribution in [3.63, 3.8) is 0 Å². The molecule has 0 bridgehead atoms. The quantitative estimate of drug-likeness (QED) is 0.567. The fourth-order valence-corrected chi connectivity index (χ4v) is 2.27. The summed E-state index contributed by atoms with van der Waals surface area (Å²) in [6.45, 7) is 4.68. The van der Waals surface area contributed by atoms with Crippen molar-refractivity contribution in [3.8, 4) is 0 Å². The van der Waals surface area contributed by atoms with Crippen molar-refractivity contribution in [3.05, 3.63) is 0 Å². The molecular weight excluding hydrogens is 194 g/mol. The predicted molar refractivity (Wildman–Crippen MR) is 55.2 cm³/mol. The maximum Gasteiger partial charge on any atom is 0.246 e. The molecule has 5 heteroatoms. The fourth-order valence-electron chi connectivity index (χ4n) is 2.27. The van der Waals surface area contributed by atoms with Crippen LogP contribution in [0.4, 0.5) is 0 Å². The highest BCUT2D eigenvalue weighted by Crippen LogP contribution is 2.18. The summed E-state index contributed by atoms with van der Waals surface area (Å²) >= 11 is 0. The number of carbonyl (C=O) groups is 2. The van der Waals surface area contributed by atoms with E-state index in [2.05, 4.69) is 17.1 Å². The Morgan fingerprint density at radius 3 is 2.67 bits per heavy atom. The topological polar surface area (TPSA) is 52.7 Å². The predicted octanol–water partition coefficient (Wildman–Crippen LogP) is -0.963. The average Bonchev–Trinajstić information content (AvgIpc) is 2.46. The largest absolute Gasteiger partial charge is 0.312 e. The summed E-state index contributed by atoms with van der Waals surface area (Å²) in [7, 11) is 1.57. The fraction of sp³-hybridized carbons (Fsp3) is 0.800. The molecule has 0 aromatic heterocycles. The Morgan fingerprint density at radius 1 is 1.40 bits per heavy atom. The van der Waals surface area contributed by atoms with Crippen molar-refractivity contribution in [1.29, 1.82) is 0 Å². The Hall–Kier alpha value is -0.940. The van der Waals surface area contributed by atoms with Crippen molar-refractivity contribution in [2.45, 2.75) is 25.4 Å². The van der Waals surface area contributed by atoms with Crippen LogP contribution in [0.15, 0.2) is 0 Å². The second-order valence-electron chi connectivity index (χ2n) is 4.36. The summed E-state index contributed by atoms with van der Waals surface area (Å²) in [4.78, 5) is 26.5. The number of carbonyl (C=O) groups excluding carboxylic acids is 2. The van der Waals surface area contributed by atoms with Crippen LogP contribution in [-0.2, 0) is 9.59 Å². The van der Waals surface area contributed by atoms with Crippen molar-refractivity contribution in [1.82, 2.24) is 15.1 Å². The molecule has 0 radical (unpaired) electrons. The Balaban J connectivity index is 2.05. The molecule has 0 aromatic carbocycles. The van der Waals surface area contributed by atoms with E-state index in [1.807, 2.05) is 0 Å². The Morgan fingerprint density at radius 2 is 2.13 bits per heavy atom. The smallest absolute Gasteiger partial charge is 0.246 e. The first kappa shape index (κ1) is 10.6. The van der Waals surface area contributed by atoms with Gasteiger partial charge in [-0.05, 0) is 6.92 Å². The number of imide groups is 1. The molecule has 0 spiro atoms. The van der Waals surface area contributed by atoms with Gasteiger partial charge < -0.3 is 5.32 Å². The minimum absolute atomic E-state index is 0.0471. The molecule has 5 nitrogen and oxygen atoms in total. The minimum atomic E-state index is -0.216. The third kappa shape index (κ3) is 1.89. The summed E-state index contributed by atoms with van der Waals surface area (Å²) in [6.07, 6.45) is 0.349. The molecule has 1 unspecified atom stereocenters. The van der Waals surface area contributed by atoms with E-state index >= 15 is 0 Å². The summed E-state index contributed by atoms with van der Waals surface area (Å²) in [6, 6.07) is 0.180. The second kappa shape index (κ2) is 3.90. The Kier molecular flexibility index (Phi) is 2.75. The third-order valence-electron chi connectivity index (χ3n) is 3.20. The Bertz CT molecular complexity index is 292. The number of hydrogen-bond donors (Lipinski definition) is 1. The first-order chi connectivity index (χ1) is 7.09. The van der Waals surface area contributed by atoms with Crippen LogP contribution < -0.4 is 5.32 Å². The van der Waals surface area contributed by atoms with Gasteiger partial charge in [0.15, 0.2) is 0 Å². The highest BCUT2D eigenvalue weighted by Gasteiger charge is 2.40. The van der Waals surface area contributed by atoms with Crippen molar-refractivity contribution in [2.75, 3.05) is 26.7 Å². The van der Waals surface area contributed by atoms with E-state index in [0.29, 0.717) is 12.5 Å². The van der Waals surface area contributed by atoms with E-state index in [1.54, 1.807) is 7.05 Å². The zero-order valence-electron chi connectivity index (χ0n) is 9.19. The summed E-state index contributed by atoms with van der Waals surface area (Å²) in [5.74, 6) is -0.106. The lowest BCUT2D eigenvalue weighted by Crippen LogP contribution is -2.54. The van der Waals surface area contributed by atoms with Gasteiger partial charge in [0.05, 0.1) is 12.5 Å². The number of likely N-dealkylation sites (tertiary alicyclic amines) is 1. The zero-order chi connectivity index (χ0) is 11.0. The number of rotatable bonds is 1. The lowest BCUT2D eigenvalue weighted by atomic mass is 10.1. The van der Waals surface area contributed by atoms with E-state index in [-0.39, 0.29) is 17.9 Å². The van der Waals surface area contributed by atoms with Crippen LogP contribution in [0, 0.1) is 0 Å². The summed E-state index contributed by atoms with van der Waals surface area (Å²) in [5, 5.41) is 3.32. The number of nitrogens with one attached hydrogen (secondary N) is 1. The summed E-state index contributed by atoms with van der Waals surface area (Å²) in [5.41, 5.74) is 0. The first-order valence-electron chi connectivity index (χ1n) is 5.37. The van der Waals surface area contributed by atoms with E-state index in [9.17, 15) is 9.59 Å². The minimum Gasteiger partial charge on any atom is -0.312 e. The number of amides is 2. The number of likely N-dealkylation sites (N-methyl/N-ethyl adjacent to an activating group) is 1. The van der Waals surface area contributed by atoms with Crippen LogP contribution >= 0.6 is 0 Å². The molecular formula is C10H17N3O2. The van der Waals surface area contributed by atoms with Crippen LogP contribution in [0.1, 0.15) is 13.3 Å². The molecule has 2 amide bonds. The standard InChI is InChI=1S/C10H17N3O2/c1-7-6-13(4-3-11-7)8-5-9(14)12(2)10(8)15/h7-8,11H,3-6H2,1-2H3/t7-,8?/m1/s1. The molecule has 84 valence electrons. The van der Waals surface area contributed by atoms with Crippen LogP contribution in [-0.4, -0.2) is 60.4 Å². The maximum atomic E-state index is 11.8. The highest BCUT2D eigenvalue weighted by atomic mass is 16.2. The van der Waals surface area contributed by atoms with Gasteiger partial charge in [0.1, 0.15) is 0 Å². The maximum absolute atomic E-state index is 11.8. The van der Waals surface area contributed by atoms with E-state index in [4.69, 9.17) is 0 Å². The van der Waals surface area contributed by atoms with Gasteiger partial charge in [0.25, 0.3) is 0 Å². The van der Waals surface area contributed by atoms with Gasteiger partial charge in [-0.15, -0.1) is 0 Å². The van der Waals surface area contributed by atoms with Crippen molar-refractivity contribution >= 4 is 11.8 Å². The molecule has 2 aliphatic rings. The number of hydrogen-bond acceptors (Lipinski definition) is 4. The zero-order valence-corrected chi connectivity index (χ0v) is 9.19. The van der Waals surface area contributed by atoms with Gasteiger partial charge >= 0.3 is 0 Å². The Labute approximate surface area is 89.4 Å². The van der Waals surface area contributed by atoms with Crippen molar-refractivity contribution in [2.24, 2.45) is 0 Å². The second-order valence-corrected chi connectivity index (χ2v) is 4.36. The van der Waals surface area contributed by atoms with E-state index in [1.165, 1.54) is 4.90 Å². The monoisotopic (exact) mass is 211 g/mol. The molecule has 1 N–H and O–H groups in total. The first-order valence-corrected chi connectivity index (χ1v) is 5.37. The van der Waals surface area contributed by atoms with Gasteiger partial charge in [-0.2, -0.15) is 0 Å². The molecule has 0 saturated carbocycles. The molecule has 15 heavy (non-hydrogen) atoms.